The number of nitrogens with zero attached hydrogens (tertiary/aromatic N) is 3. The maximum atomic E-state index is 13.8. The Morgan fingerprint density at radius 3 is 2.72 bits per heavy atom. The number of benzene rings is 2. The van der Waals surface area contributed by atoms with Crippen molar-refractivity contribution in [1.82, 2.24) is 10.7 Å². The molecule has 162 valence electrons. The van der Waals surface area contributed by atoms with Crippen molar-refractivity contribution in [2.45, 2.75) is 6.42 Å². The van der Waals surface area contributed by atoms with E-state index in [1.807, 2.05) is 17.5 Å². The van der Waals surface area contributed by atoms with Gasteiger partial charge in [-0.05, 0) is 47.8 Å². The normalized spacial score (nSPS) is 14.9. The van der Waals surface area contributed by atoms with Crippen molar-refractivity contribution in [1.29, 1.82) is 0 Å². The summed E-state index contributed by atoms with van der Waals surface area (Å²) in [6.07, 6.45) is 0.370. The number of guanidine groups is 1. The Hall–Kier alpha value is -3.14. The number of nitrogens with one attached hydrogen (secondary N) is 2. The van der Waals surface area contributed by atoms with E-state index in [1.165, 1.54) is 29.5 Å². The van der Waals surface area contributed by atoms with Gasteiger partial charge in [0.25, 0.3) is 5.91 Å². The van der Waals surface area contributed by atoms with Crippen molar-refractivity contribution in [3.05, 3.63) is 86.0 Å². The van der Waals surface area contributed by atoms with E-state index in [0.717, 1.165) is 28.8 Å². The molecule has 0 saturated carbocycles. The third kappa shape index (κ3) is 5.37. The van der Waals surface area contributed by atoms with E-state index < -0.39 is 17.5 Å². The molecule has 0 spiro atoms. The van der Waals surface area contributed by atoms with Crippen LogP contribution < -0.4 is 10.7 Å². The molecule has 4 rings (SSSR count). The van der Waals surface area contributed by atoms with Gasteiger partial charge in [-0.1, -0.05) is 29.3 Å². The van der Waals surface area contributed by atoms with E-state index in [4.69, 9.17) is 23.2 Å². The first-order chi connectivity index (χ1) is 15.4. The lowest BCUT2D eigenvalue weighted by atomic mass is 10.2. The molecule has 1 aromatic heterocycles. The fourth-order valence-electron chi connectivity index (χ4n) is 2.77. The number of carbonyl (C=O) groups is 1. The minimum atomic E-state index is -0.743. The number of carbonyl (C=O) groups excluding carboxylic acids is 1. The smallest absolute Gasteiger partial charge is 0.258 e. The summed E-state index contributed by atoms with van der Waals surface area (Å²) in [5.74, 6) is -1.76. The summed E-state index contributed by atoms with van der Waals surface area (Å²) in [5.41, 5.74) is 3.71. The molecule has 0 fully saturated rings. The zero-order valence-electron chi connectivity index (χ0n) is 16.1. The van der Waals surface area contributed by atoms with E-state index in [2.05, 4.69) is 25.8 Å². The number of hydrogen-bond donors (Lipinski definition) is 2. The second kappa shape index (κ2) is 9.56. The van der Waals surface area contributed by atoms with E-state index in [1.54, 1.807) is 0 Å². The lowest BCUT2D eigenvalue weighted by molar-refractivity contribution is 0.0976. The third-order valence-electron chi connectivity index (χ3n) is 4.19. The van der Waals surface area contributed by atoms with Gasteiger partial charge in [-0.25, -0.2) is 13.8 Å². The molecule has 1 amide bonds. The highest BCUT2D eigenvalue weighted by molar-refractivity contribution is 7.12. The molecule has 0 aliphatic carbocycles. The highest BCUT2D eigenvalue weighted by Crippen LogP contribution is 2.21. The number of aliphatic imine (C=N–C) groups is 2. The van der Waals surface area contributed by atoms with Crippen LogP contribution in [0.1, 0.15) is 21.7 Å². The molecular formula is C21H13Cl2F2N5OS. The number of hydrazone groups is 1. The molecule has 0 radical (unpaired) electrons. The van der Waals surface area contributed by atoms with Crippen LogP contribution in [0, 0.1) is 11.6 Å². The van der Waals surface area contributed by atoms with Crippen LogP contribution >= 0.6 is 34.5 Å². The van der Waals surface area contributed by atoms with E-state index in [0.29, 0.717) is 12.3 Å². The Bertz CT molecular complexity index is 1250. The quantitative estimate of drug-likeness (QED) is 0.372. The summed E-state index contributed by atoms with van der Waals surface area (Å²) >= 11 is 13.1. The molecule has 2 aromatic carbocycles. The Labute approximate surface area is 195 Å². The van der Waals surface area contributed by atoms with Crippen molar-refractivity contribution in [3.8, 4) is 0 Å². The van der Waals surface area contributed by atoms with Crippen molar-refractivity contribution >= 4 is 63.6 Å². The molecule has 0 unspecified atom stereocenters. The molecule has 1 aliphatic heterocycles. The Kier molecular flexibility index (Phi) is 6.59. The minimum Gasteiger partial charge on any atom is -0.290 e. The highest BCUT2D eigenvalue weighted by atomic mass is 35.5. The van der Waals surface area contributed by atoms with E-state index in [9.17, 15) is 13.6 Å². The van der Waals surface area contributed by atoms with Crippen molar-refractivity contribution in [3.63, 3.8) is 0 Å². The molecular weight excluding hydrogens is 479 g/mol. The first-order valence-electron chi connectivity index (χ1n) is 9.12. The maximum Gasteiger partial charge on any atom is 0.258 e. The first-order valence-corrected chi connectivity index (χ1v) is 10.8. The number of amides is 1. The minimum absolute atomic E-state index is 0.00646. The van der Waals surface area contributed by atoms with Crippen LogP contribution in [0.15, 0.2) is 69.0 Å². The second-order valence-corrected chi connectivity index (χ2v) is 8.32. The van der Waals surface area contributed by atoms with Gasteiger partial charge in [0.2, 0.25) is 5.96 Å². The molecule has 0 saturated heterocycles. The number of thiophene rings is 1. The van der Waals surface area contributed by atoms with Gasteiger partial charge in [0, 0.05) is 10.6 Å². The molecule has 3 aromatic rings. The number of hydrogen-bond acceptors (Lipinski definition) is 4. The van der Waals surface area contributed by atoms with Crippen LogP contribution in [0.4, 0.5) is 14.5 Å². The van der Waals surface area contributed by atoms with Crippen LogP contribution in [-0.4, -0.2) is 23.4 Å². The first kappa shape index (κ1) is 22.1. The molecule has 11 heteroatoms. The molecule has 2 heterocycles. The van der Waals surface area contributed by atoms with Gasteiger partial charge >= 0.3 is 0 Å². The summed E-state index contributed by atoms with van der Waals surface area (Å²) in [6.45, 7) is 0. The predicted octanol–water partition coefficient (Wildman–Crippen LogP) is 5.55. The van der Waals surface area contributed by atoms with Gasteiger partial charge in [0.1, 0.15) is 17.5 Å². The molecule has 1 aliphatic rings. The van der Waals surface area contributed by atoms with Crippen LogP contribution in [0.5, 0.6) is 0 Å². The zero-order valence-corrected chi connectivity index (χ0v) is 18.4. The fraction of sp³-hybridized carbons (Fsp3) is 0.0476. The highest BCUT2D eigenvalue weighted by Gasteiger charge is 2.18. The molecule has 0 bridgehead atoms. The molecule has 32 heavy (non-hydrogen) atoms. The number of amidine groups is 1. The summed E-state index contributed by atoms with van der Waals surface area (Å²) in [7, 11) is 0. The van der Waals surface area contributed by atoms with Gasteiger partial charge in [-0.2, -0.15) is 10.1 Å². The van der Waals surface area contributed by atoms with Gasteiger partial charge in [0.05, 0.1) is 27.7 Å². The lowest BCUT2D eigenvalue weighted by Gasteiger charge is -2.07. The van der Waals surface area contributed by atoms with Gasteiger partial charge < -0.3 is 0 Å². The van der Waals surface area contributed by atoms with Crippen molar-refractivity contribution in [2.75, 3.05) is 0 Å². The lowest BCUT2D eigenvalue weighted by Crippen LogP contribution is -2.31. The third-order valence-corrected chi connectivity index (χ3v) is 5.63. The van der Waals surface area contributed by atoms with Gasteiger partial charge in [-0.3, -0.25) is 15.5 Å². The van der Waals surface area contributed by atoms with E-state index >= 15 is 0 Å². The summed E-state index contributed by atoms with van der Waals surface area (Å²) < 4.78 is 27.5. The standard InChI is InChI=1S/C21H13Cl2F2N5OS/c22-12-7-13(24)9-14(8-12)26-21(28-20(31)11-3-4-15(23)16(25)6-11)27-19-10-17(29-30-19)18-2-1-5-32-18/h1-9H,10H2,(H2,26,27,28,30,31). The van der Waals surface area contributed by atoms with Crippen molar-refractivity contribution < 1.29 is 13.6 Å². The average molecular weight is 492 g/mol. The average Bonchev–Trinajstić information content (AvgIpc) is 3.41. The summed E-state index contributed by atoms with van der Waals surface area (Å²) in [6, 6.07) is 11.1. The summed E-state index contributed by atoms with van der Waals surface area (Å²) in [5, 5.41) is 8.69. The zero-order chi connectivity index (χ0) is 22.7. The van der Waals surface area contributed by atoms with Crippen LogP contribution in [0.2, 0.25) is 10.0 Å². The van der Waals surface area contributed by atoms with E-state index in [-0.39, 0.29) is 27.3 Å². The second-order valence-electron chi connectivity index (χ2n) is 6.53. The topological polar surface area (TPSA) is 78.2 Å². The number of halogens is 4. The van der Waals surface area contributed by atoms with Crippen LogP contribution in [-0.2, 0) is 0 Å². The number of rotatable bonds is 3. The predicted molar refractivity (Wildman–Crippen MR) is 123 cm³/mol. The van der Waals surface area contributed by atoms with Crippen LogP contribution in [0.25, 0.3) is 0 Å². The summed E-state index contributed by atoms with van der Waals surface area (Å²) in [4.78, 5) is 22.1. The Morgan fingerprint density at radius 1 is 1.16 bits per heavy atom. The van der Waals surface area contributed by atoms with Gasteiger partial charge in [0.15, 0.2) is 0 Å². The fourth-order valence-corrected chi connectivity index (χ4v) is 3.81. The Balaban J connectivity index is 1.63. The monoisotopic (exact) mass is 491 g/mol. The SMILES string of the molecule is O=C(NC(N=C1CC(c2cccs2)=NN1)=Nc1cc(F)cc(Cl)c1)c1ccc(Cl)c(F)c1. The molecule has 6 nitrogen and oxygen atoms in total. The molecule has 2 N–H and O–H groups in total. The molecule has 0 atom stereocenters. The van der Waals surface area contributed by atoms with Crippen LogP contribution in [0.3, 0.4) is 0 Å². The Morgan fingerprint density at radius 2 is 2.00 bits per heavy atom. The largest absolute Gasteiger partial charge is 0.290 e. The van der Waals surface area contributed by atoms with Crippen molar-refractivity contribution in [2.24, 2.45) is 15.1 Å². The maximum absolute atomic E-state index is 13.8. The van der Waals surface area contributed by atoms with Gasteiger partial charge in [-0.15, -0.1) is 11.3 Å².